The first-order valence-electron chi connectivity index (χ1n) is 10.4. The van der Waals surface area contributed by atoms with E-state index in [1.165, 1.54) is 11.3 Å². The molecule has 1 fully saturated rings. The Bertz CT molecular complexity index is 1290. The molecule has 1 saturated heterocycles. The molecular weight excluding hydrogens is 424 g/mol. The Labute approximate surface area is 188 Å². The number of nitrogens with zero attached hydrogens (tertiary/aromatic N) is 4. The smallest absolute Gasteiger partial charge is 0.275 e. The van der Waals surface area contributed by atoms with Gasteiger partial charge in [-0.3, -0.25) is 9.59 Å². The maximum Gasteiger partial charge on any atom is 0.275 e. The number of carbonyl (C=O) groups excluding carboxylic acids is 2. The number of aromatic nitrogens is 3. The lowest BCUT2D eigenvalue weighted by Crippen LogP contribution is -2.38. The summed E-state index contributed by atoms with van der Waals surface area (Å²) in [4.78, 5) is 31.1. The molecule has 3 N–H and O–H groups in total. The number of hydrogen-bond donors (Lipinski definition) is 2. The van der Waals surface area contributed by atoms with E-state index >= 15 is 0 Å². The Balaban J connectivity index is 1.34. The van der Waals surface area contributed by atoms with Gasteiger partial charge in [-0.2, -0.15) is 5.10 Å². The van der Waals surface area contributed by atoms with Crippen LogP contribution >= 0.6 is 11.3 Å². The summed E-state index contributed by atoms with van der Waals surface area (Å²) in [7, 11) is 0. The van der Waals surface area contributed by atoms with Crippen molar-refractivity contribution in [2.24, 2.45) is 11.7 Å². The molecule has 2 aromatic heterocycles. The second kappa shape index (κ2) is 8.43. The van der Waals surface area contributed by atoms with Crippen molar-refractivity contribution in [2.75, 3.05) is 23.3 Å². The molecule has 162 valence electrons. The molecule has 2 aromatic carbocycles. The molecule has 9 heteroatoms. The van der Waals surface area contributed by atoms with Crippen LogP contribution in [0.3, 0.4) is 0 Å². The number of benzene rings is 2. The van der Waals surface area contributed by atoms with Crippen LogP contribution < -0.4 is 16.0 Å². The quantitative estimate of drug-likeness (QED) is 0.488. The highest BCUT2D eigenvalue weighted by atomic mass is 32.1. The van der Waals surface area contributed by atoms with Crippen molar-refractivity contribution in [3.05, 3.63) is 65.8 Å². The summed E-state index contributed by atoms with van der Waals surface area (Å²) in [5.41, 5.74) is 8.38. The maximum absolute atomic E-state index is 13.0. The molecule has 0 atom stereocenters. The molecule has 0 bridgehead atoms. The zero-order valence-corrected chi connectivity index (χ0v) is 18.1. The minimum Gasteiger partial charge on any atom is -0.370 e. The summed E-state index contributed by atoms with van der Waals surface area (Å²) in [6.07, 6.45) is 3.21. The number of primary amides is 1. The summed E-state index contributed by atoms with van der Waals surface area (Å²) in [5.74, 6) is -0.598. The second-order valence-electron chi connectivity index (χ2n) is 7.77. The topological polar surface area (TPSA) is 106 Å². The highest BCUT2D eigenvalue weighted by Gasteiger charge is 2.25. The minimum absolute atomic E-state index is 0.0835. The van der Waals surface area contributed by atoms with E-state index in [0.717, 1.165) is 16.6 Å². The number of fused-ring (bicyclic) bond motifs is 1. The molecule has 0 unspecified atom stereocenters. The number of carbonyl (C=O) groups is 2. The average Bonchev–Trinajstić information content (AvgIpc) is 3.47. The lowest BCUT2D eigenvalue weighted by atomic mass is 9.96. The first kappa shape index (κ1) is 20.2. The van der Waals surface area contributed by atoms with Crippen molar-refractivity contribution in [2.45, 2.75) is 12.8 Å². The average molecular weight is 447 g/mol. The van der Waals surface area contributed by atoms with E-state index < -0.39 is 0 Å². The molecule has 32 heavy (non-hydrogen) atoms. The van der Waals surface area contributed by atoms with E-state index in [4.69, 9.17) is 5.73 Å². The zero-order valence-electron chi connectivity index (χ0n) is 17.3. The number of rotatable bonds is 5. The standard InChI is InChI=1S/C23H22N6O2S/c24-21(30)15-9-11-28(12-10-15)20-8-4-2-6-17(20)26-22(31)18-14-32-23(27-18)29-19-7-3-1-5-16(19)13-25-29/h1-8,13-15H,9-12H2,(H2,24,30)(H,26,31). The van der Waals surface area contributed by atoms with E-state index in [1.807, 2.05) is 48.5 Å². The zero-order chi connectivity index (χ0) is 22.1. The molecule has 1 aliphatic rings. The fraction of sp³-hybridized carbons (Fsp3) is 0.217. The van der Waals surface area contributed by atoms with Crippen LogP contribution in [-0.4, -0.2) is 39.7 Å². The highest BCUT2D eigenvalue weighted by molar-refractivity contribution is 7.12. The Kier molecular flexibility index (Phi) is 5.32. The van der Waals surface area contributed by atoms with Gasteiger partial charge in [-0.1, -0.05) is 30.3 Å². The number of anilines is 2. The van der Waals surface area contributed by atoms with E-state index in [0.29, 0.717) is 42.4 Å². The van der Waals surface area contributed by atoms with Gasteiger partial charge in [0.1, 0.15) is 5.69 Å². The van der Waals surface area contributed by atoms with E-state index in [9.17, 15) is 9.59 Å². The highest BCUT2D eigenvalue weighted by Crippen LogP contribution is 2.30. The number of nitrogens with one attached hydrogen (secondary N) is 1. The van der Waals surface area contributed by atoms with Gasteiger partial charge in [0.2, 0.25) is 11.0 Å². The van der Waals surface area contributed by atoms with Gasteiger partial charge in [0, 0.05) is 29.8 Å². The SMILES string of the molecule is NC(=O)C1CCN(c2ccccc2NC(=O)c2csc(-n3ncc4ccccc43)n2)CC1. The third-order valence-corrected chi connectivity index (χ3v) is 6.59. The summed E-state index contributed by atoms with van der Waals surface area (Å²) >= 11 is 1.37. The third-order valence-electron chi connectivity index (χ3n) is 5.77. The van der Waals surface area contributed by atoms with Crippen molar-refractivity contribution in [3.8, 4) is 5.13 Å². The first-order chi connectivity index (χ1) is 15.6. The molecule has 0 aliphatic carbocycles. The Morgan fingerprint density at radius 2 is 1.81 bits per heavy atom. The fourth-order valence-corrected chi connectivity index (χ4v) is 4.81. The van der Waals surface area contributed by atoms with Gasteiger partial charge in [0.25, 0.3) is 5.91 Å². The number of nitrogens with two attached hydrogens (primary N) is 1. The summed E-state index contributed by atoms with van der Waals surface area (Å²) in [6.45, 7) is 1.43. The van der Waals surface area contributed by atoms with Gasteiger partial charge in [0.15, 0.2) is 0 Å². The number of amides is 2. The van der Waals surface area contributed by atoms with Gasteiger partial charge < -0.3 is 16.0 Å². The van der Waals surface area contributed by atoms with Crippen LogP contribution in [0.1, 0.15) is 23.3 Å². The number of para-hydroxylation sites is 3. The molecule has 3 heterocycles. The van der Waals surface area contributed by atoms with E-state index in [2.05, 4.69) is 20.3 Å². The lowest BCUT2D eigenvalue weighted by Gasteiger charge is -2.33. The molecular formula is C23H22N6O2S. The van der Waals surface area contributed by atoms with Crippen molar-refractivity contribution in [1.29, 1.82) is 0 Å². The number of hydrogen-bond acceptors (Lipinski definition) is 6. The molecule has 0 saturated carbocycles. The fourth-order valence-electron chi connectivity index (χ4n) is 4.04. The summed E-state index contributed by atoms with van der Waals surface area (Å²) < 4.78 is 1.74. The van der Waals surface area contributed by atoms with E-state index in [1.54, 1.807) is 16.3 Å². The Hall–Kier alpha value is -3.72. The van der Waals surface area contributed by atoms with E-state index in [-0.39, 0.29) is 17.7 Å². The predicted molar refractivity (Wildman–Crippen MR) is 125 cm³/mol. The van der Waals surface area contributed by atoms with Crippen molar-refractivity contribution < 1.29 is 9.59 Å². The predicted octanol–water partition coefficient (Wildman–Crippen LogP) is 3.44. The largest absolute Gasteiger partial charge is 0.370 e. The van der Waals surface area contributed by atoms with Crippen LogP contribution in [0.25, 0.3) is 16.0 Å². The lowest BCUT2D eigenvalue weighted by molar-refractivity contribution is -0.122. The van der Waals surface area contributed by atoms with Crippen LogP contribution in [0.15, 0.2) is 60.1 Å². The monoisotopic (exact) mass is 446 g/mol. The molecule has 0 spiro atoms. The van der Waals surface area contributed by atoms with Gasteiger partial charge in [-0.25, -0.2) is 9.67 Å². The molecule has 4 aromatic rings. The van der Waals surface area contributed by atoms with Crippen molar-refractivity contribution in [3.63, 3.8) is 0 Å². The summed E-state index contributed by atoms with van der Waals surface area (Å²) in [6, 6.07) is 15.6. The molecule has 5 rings (SSSR count). The summed E-state index contributed by atoms with van der Waals surface area (Å²) in [5, 5.41) is 10.8. The van der Waals surface area contributed by atoms with Crippen LogP contribution in [0, 0.1) is 5.92 Å². The van der Waals surface area contributed by atoms with Crippen LogP contribution in [0.4, 0.5) is 11.4 Å². The molecule has 2 amide bonds. The van der Waals surface area contributed by atoms with Crippen LogP contribution in [0.5, 0.6) is 0 Å². The first-order valence-corrected chi connectivity index (χ1v) is 11.3. The minimum atomic E-state index is -0.275. The van der Waals surface area contributed by atoms with Gasteiger partial charge in [-0.05, 0) is 31.0 Å². The molecule has 0 radical (unpaired) electrons. The molecule has 8 nitrogen and oxygen atoms in total. The third kappa shape index (κ3) is 3.82. The van der Waals surface area contributed by atoms with Crippen LogP contribution in [0.2, 0.25) is 0 Å². The Morgan fingerprint density at radius 1 is 1.06 bits per heavy atom. The number of piperidine rings is 1. The van der Waals surface area contributed by atoms with Crippen molar-refractivity contribution in [1.82, 2.24) is 14.8 Å². The van der Waals surface area contributed by atoms with Crippen LogP contribution in [-0.2, 0) is 4.79 Å². The second-order valence-corrected chi connectivity index (χ2v) is 8.60. The normalized spacial score (nSPS) is 14.6. The number of thiazole rings is 1. The Morgan fingerprint density at radius 3 is 2.62 bits per heavy atom. The van der Waals surface area contributed by atoms with Crippen molar-refractivity contribution >= 4 is 45.4 Å². The van der Waals surface area contributed by atoms with Gasteiger partial charge in [-0.15, -0.1) is 11.3 Å². The van der Waals surface area contributed by atoms with Gasteiger partial charge >= 0.3 is 0 Å². The molecule has 1 aliphatic heterocycles. The maximum atomic E-state index is 13.0. The van der Waals surface area contributed by atoms with Gasteiger partial charge in [0.05, 0.1) is 23.1 Å².